The first-order chi connectivity index (χ1) is 11.3. The Hall–Kier alpha value is -2.71. The fraction of sp³-hybridized carbons (Fsp3) is 0.0667. The molecule has 1 aromatic heterocycles. The van der Waals surface area contributed by atoms with Crippen LogP contribution in [0.4, 0.5) is 5.69 Å². The molecule has 2 rings (SSSR count). The van der Waals surface area contributed by atoms with Crippen LogP contribution >= 0.6 is 23.8 Å². The average Bonchev–Trinajstić information content (AvgIpc) is 2.52. The fourth-order valence-electron chi connectivity index (χ4n) is 1.87. The Labute approximate surface area is 146 Å². The van der Waals surface area contributed by atoms with Crippen molar-refractivity contribution < 1.29 is 15.0 Å². The van der Waals surface area contributed by atoms with E-state index in [2.05, 4.69) is 16.6 Å². The van der Waals surface area contributed by atoms with Crippen LogP contribution in [-0.4, -0.2) is 31.9 Å². The van der Waals surface area contributed by atoms with Crippen LogP contribution in [0, 0.1) is 4.77 Å². The summed E-state index contributed by atoms with van der Waals surface area (Å²) in [4.78, 5) is 29.4. The van der Waals surface area contributed by atoms with Crippen LogP contribution in [0.25, 0.3) is 0 Å². The van der Waals surface area contributed by atoms with Crippen LogP contribution < -0.4 is 5.56 Å². The zero-order chi connectivity index (χ0) is 17.9. The number of benzene rings is 1. The van der Waals surface area contributed by atoms with E-state index in [0.29, 0.717) is 0 Å². The van der Waals surface area contributed by atoms with Gasteiger partial charge in [0, 0.05) is 12.8 Å². The highest BCUT2D eigenvalue weighted by Gasteiger charge is 2.11. The molecule has 1 aromatic carbocycles. The Balaban J connectivity index is 2.54. The summed E-state index contributed by atoms with van der Waals surface area (Å²) in [6.45, 7) is 3.74. The van der Waals surface area contributed by atoms with E-state index in [1.54, 1.807) is 0 Å². The lowest BCUT2D eigenvalue weighted by molar-refractivity contribution is 0.0697. The number of aromatic nitrogens is 2. The van der Waals surface area contributed by atoms with E-state index in [1.807, 2.05) is 0 Å². The van der Waals surface area contributed by atoms with Crippen LogP contribution in [0.3, 0.4) is 0 Å². The van der Waals surface area contributed by atoms with Crippen molar-refractivity contribution in [1.29, 1.82) is 0 Å². The average molecular weight is 366 g/mol. The monoisotopic (exact) mass is 365 g/mol. The van der Waals surface area contributed by atoms with Gasteiger partial charge in [-0.1, -0.05) is 17.7 Å². The van der Waals surface area contributed by atoms with Crippen molar-refractivity contribution in [1.82, 2.24) is 9.55 Å². The molecular formula is C15H12ClN3O4S. The SMILES string of the molecule is C=CCn1c(O)c(C=Nc2cc(C(=O)O)ccc2Cl)c(=O)[nH]c1=S. The highest BCUT2D eigenvalue weighted by Crippen LogP contribution is 2.26. The standard InChI is InChI=1S/C15H12ClN3O4S/c1-2-5-19-13(21)9(12(20)18-15(19)24)7-17-11-6-8(14(22)23)3-4-10(11)16/h2-4,6-7,21H,1,5H2,(H,22,23)(H,18,20,24). The van der Waals surface area contributed by atoms with Crippen LogP contribution in [0.2, 0.25) is 5.02 Å². The van der Waals surface area contributed by atoms with E-state index in [1.165, 1.54) is 28.8 Å². The van der Waals surface area contributed by atoms with Crippen LogP contribution in [0.5, 0.6) is 5.88 Å². The third-order valence-corrected chi connectivity index (χ3v) is 3.69. The minimum absolute atomic E-state index is 0.00712. The molecule has 0 aliphatic carbocycles. The number of rotatable bonds is 5. The number of allylic oxidation sites excluding steroid dienone is 1. The molecule has 0 unspecified atom stereocenters. The number of carboxylic acids is 1. The van der Waals surface area contributed by atoms with Gasteiger partial charge in [0.15, 0.2) is 4.77 Å². The lowest BCUT2D eigenvalue weighted by Gasteiger charge is -2.08. The minimum Gasteiger partial charge on any atom is -0.494 e. The van der Waals surface area contributed by atoms with Gasteiger partial charge in [0.1, 0.15) is 5.56 Å². The lowest BCUT2D eigenvalue weighted by Crippen LogP contribution is -2.18. The van der Waals surface area contributed by atoms with Gasteiger partial charge in [-0.05, 0) is 30.4 Å². The molecule has 7 nitrogen and oxygen atoms in total. The molecule has 0 amide bonds. The van der Waals surface area contributed by atoms with Gasteiger partial charge in [-0.25, -0.2) is 4.79 Å². The molecule has 124 valence electrons. The Kier molecular flexibility index (Phi) is 5.32. The van der Waals surface area contributed by atoms with E-state index in [0.717, 1.165) is 6.21 Å². The van der Waals surface area contributed by atoms with Gasteiger partial charge in [-0.3, -0.25) is 19.3 Å². The zero-order valence-corrected chi connectivity index (χ0v) is 13.8. The van der Waals surface area contributed by atoms with Gasteiger partial charge in [-0.15, -0.1) is 6.58 Å². The molecule has 0 atom stereocenters. The highest BCUT2D eigenvalue weighted by molar-refractivity contribution is 7.71. The maximum atomic E-state index is 12.0. The van der Waals surface area contributed by atoms with E-state index >= 15 is 0 Å². The maximum absolute atomic E-state index is 12.0. The van der Waals surface area contributed by atoms with E-state index < -0.39 is 11.5 Å². The largest absolute Gasteiger partial charge is 0.494 e. The number of nitrogens with one attached hydrogen (secondary N) is 1. The summed E-state index contributed by atoms with van der Waals surface area (Å²) in [7, 11) is 0. The first kappa shape index (κ1) is 17.6. The number of aromatic carboxylic acids is 1. The van der Waals surface area contributed by atoms with Crippen LogP contribution in [0.1, 0.15) is 15.9 Å². The molecule has 2 aromatic rings. The summed E-state index contributed by atoms with van der Waals surface area (Å²) >= 11 is 10.9. The number of carbonyl (C=O) groups is 1. The van der Waals surface area contributed by atoms with Crippen LogP contribution in [0.15, 0.2) is 40.6 Å². The quantitative estimate of drug-likeness (QED) is 0.429. The molecule has 3 N–H and O–H groups in total. The van der Waals surface area contributed by atoms with Gasteiger partial charge in [0.2, 0.25) is 5.88 Å². The second-order valence-corrected chi connectivity index (χ2v) is 5.42. The normalized spacial score (nSPS) is 10.9. The molecule has 24 heavy (non-hydrogen) atoms. The molecule has 0 saturated carbocycles. The smallest absolute Gasteiger partial charge is 0.335 e. The molecule has 0 aliphatic rings. The zero-order valence-electron chi connectivity index (χ0n) is 12.2. The Bertz CT molecular complexity index is 962. The number of aromatic amines is 1. The van der Waals surface area contributed by atoms with Gasteiger partial charge in [-0.2, -0.15) is 0 Å². The number of hydrogen-bond acceptors (Lipinski definition) is 5. The number of aromatic hydroxyl groups is 1. The number of hydrogen-bond donors (Lipinski definition) is 3. The van der Waals surface area contributed by atoms with Gasteiger partial charge in [0.25, 0.3) is 5.56 Å². The second kappa shape index (κ2) is 7.24. The summed E-state index contributed by atoms with van der Waals surface area (Å²) in [5, 5.41) is 19.4. The lowest BCUT2D eigenvalue weighted by atomic mass is 10.2. The predicted octanol–water partition coefficient (Wildman–Crippen LogP) is 2.90. The summed E-state index contributed by atoms with van der Waals surface area (Å²) in [6.07, 6.45) is 2.59. The Morgan fingerprint density at radius 2 is 2.21 bits per heavy atom. The van der Waals surface area contributed by atoms with Gasteiger partial charge >= 0.3 is 5.97 Å². The Morgan fingerprint density at radius 3 is 2.83 bits per heavy atom. The molecule has 0 radical (unpaired) electrons. The van der Waals surface area contributed by atoms with Gasteiger partial charge in [0.05, 0.1) is 16.3 Å². The van der Waals surface area contributed by atoms with Crippen molar-refractivity contribution in [3.05, 3.63) is 62.1 Å². The highest BCUT2D eigenvalue weighted by atomic mass is 35.5. The molecule has 1 heterocycles. The van der Waals surface area contributed by atoms with Gasteiger partial charge < -0.3 is 10.2 Å². The summed E-state index contributed by atoms with van der Waals surface area (Å²) in [5.74, 6) is -1.51. The third kappa shape index (κ3) is 3.61. The number of carboxylic acid groups (broad SMARTS) is 1. The van der Waals surface area contributed by atoms with Crippen molar-refractivity contribution in [3.8, 4) is 5.88 Å². The predicted molar refractivity (Wildman–Crippen MR) is 93.4 cm³/mol. The van der Waals surface area contributed by atoms with Crippen molar-refractivity contribution in [2.45, 2.75) is 6.54 Å². The van der Waals surface area contributed by atoms with Crippen molar-refractivity contribution >= 4 is 41.7 Å². The van der Waals surface area contributed by atoms with Crippen molar-refractivity contribution in [3.63, 3.8) is 0 Å². The number of halogens is 1. The molecule has 0 spiro atoms. The van der Waals surface area contributed by atoms with Crippen LogP contribution in [-0.2, 0) is 6.54 Å². The minimum atomic E-state index is -1.14. The molecule has 0 saturated heterocycles. The topological polar surface area (TPSA) is 108 Å². The van der Waals surface area contributed by atoms with E-state index in [-0.39, 0.29) is 39.0 Å². The number of aliphatic imine (C=N–C) groups is 1. The fourth-order valence-corrected chi connectivity index (χ4v) is 2.29. The molecule has 0 fully saturated rings. The summed E-state index contributed by atoms with van der Waals surface area (Å²) in [6, 6.07) is 3.97. The molecule has 0 aliphatic heterocycles. The molecule has 0 bridgehead atoms. The van der Waals surface area contributed by atoms with E-state index in [4.69, 9.17) is 28.9 Å². The number of H-pyrrole nitrogens is 1. The summed E-state index contributed by atoms with van der Waals surface area (Å²) in [5.41, 5.74) is -0.630. The van der Waals surface area contributed by atoms with Crippen molar-refractivity contribution in [2.75, 3.05) is 0 Å². The summed E-state index contributed by atoms with van der Waals surface area (Å²) < 4.78 is 1.31. The first-order valence-corrected chi connectivity index (χ1v) is 7.37. The molecular weight excluding hydrogens is 354 g/mol. The molecule has 9 heteroatoms. The van der Waals surface area contributed by atoms with Crippen molar-refractivity contribution in [2.24, 2.45) is 4.99 Å². The Morgan fingerprint density at radius 1 is 1.50 bits per heavy atom. The first-order valence-electron chi connectivity index (χ1n) is 6.59. The maximum Gasteiger partial charge on any atom is 0.335 e. The third-order valence-electron chi connectivity index (χ3n) is 3.04. The second-order valence-electron chi connectivity index (χ2n) is 4.63. The number of nitrogens with zero attached hydrogens (tertiary/aromatic N) is 2. The van der Waals surface area contributed by atoms with E-state index in [9.17, 15) is 14.7 Å².